The van der Waals surface area contributed by atoms with Crippen LogP contribution >= 0.6 is 0 Å². The van der Waals surface area contributed by atoms with E-state index in [1.165, 1.54) is 0 Å². The minimum atomic E-state index is -0.353. The van der Waals surface area contributed by atoms with Crippen molar-refractivity contribution < 1.29 is 19.1 Å². The fraction of sp³-hybridized carbons (Fsp3) is 0.714. The van der Waals surface area contributed by atoms with Crippen molar-refractivity contribution in [3.05, 3.63) is 12.2 Å². The number of ether oxygens (including phenoxy) is 2. The van der Waals surface area contributed by atoms with Gasteiger partial charge in [0.1, 0.15) is 0 Å². The molecule has 0 aromatic heterocycles. The van der Waals surface area contributed by atoms with Crippen molar-refractivity contribution in [1.82, 2.24) is 0 Å². The molecule has 18 heavy (non-hydrogen) atoms. The van der Waals surface area contributed by atoms with Crippen molar-refractivity contribution in [3.8, 4) is 0 Å². The summed E-state index contributed by atoms with van der Waals surface area (Å²) >= 11 is 0. The molecule has 0 heterocycles. The van der Waals surface area contributed by atoms with Crippen molar-refractivity contribution >= 4 is 11.9 Å². The number of hydrogen-bond donors (Lipinski definition) is 0. The number of unbranched alkanes of at least 4 members (excludes halogenated alkanes) is 3. The lowest BCUT2D eigenvalue weighted by molar-refractivity contribution is -0.144. The second kappa shape index (κ2) is 10.8. The summed E-state index contributed by atoms with van der Waals surface area (Å²) in [5, 5.41) is 0. The monoisotopic (exact) mass is 256 g/mol. The zero-order valence-corrected chi connectivity index (χ0v) is 11.5. The van der Waals surface area contributed by atoms with E-state index in [0.29, 0.717) is 25.2 Å². The van der Waals surface area contributed by atoms with E-state index in [4.69, 9.17) is 9.47 Å². The average molecular weight is 256 g/mol. The Morgan fingerprint density at radius 2 is 1.67 bits per heavy atom. The van der Waals surface area contributed by atoms with E-state index in [9.17, 15) is 9.59 Å². The fourth-order valence-corrected chi connectivity index (χ4v) is 1.24. The molecule has 0 aromatic rings. The van der Waals surface area contributed by atoms with Crippen LogP contribution < -0.4 is 0 Å². The van der Waals surface area contributed by atoms with Crippen LogP contribution in [0.25, 0.3) is 0 Å². The average Bonchev–Trinajstić information content (AvgIpc) is 2.33. The van der Waals surface area contributed by atoms with Gasteiger partial charge in [-0.3, -0.25) is 4.79 Å². The highest BCUT2D eigenvalue weighted by Crippen LogP contribution is 2.03. The quantitative estimate of drug-likeness (QED) is 0.342. The van der Waals surface area contributed by atoms with Crippen LogP contribution in [0.1, 0.15) is 52.4 Å². The van der Waals surface area contributed by atoms with Crippen LogP contribution in [0.3, 0.4) is 0 Å². The van der Waals surface area contributed by atoms with Gasteiger partial charge in [0.15, 0.2) is 0 Å². The van der Waals surface area contributed by atoms with Crippen molar-refractivity contribution in [2.45, 2.75) is 52.4 Å². The molecule has 0 amide bonds. The van der Waals surface area contributed by atoms with E-state index < -0.39 is 0 Å². The number of carbonyl (C=O) groups excluding carboxylic acids is 2. The van der Waals surface area contributed by atoms with Crippen molar-refractivity contribution in [2.75, 3.05) is 13.2 Å². The second-order valence-electron chi connectivity index (χ2n) is 4.30. The molecule has 0 N–H and O–H groups in total. The van der Waals surface area contributed by atoms with Crippen LogP contribution in [-0.4, -0.2) is 25.2 Å². The molecule has 0 aliphatic heterocycles. The van der Waals surface area contributed by atoms with Gasteiger partial charge >= 0.3 is 11.9 Å². The summed E-state index contributed by atoms with van der Waals surface area (Å²) in [4.78, 5) is 22.3. The largest absolute Gasteiger partial charge is 0.466 e. The van der Waals surface area contributed by atoms with Crippen molar-refractivity contribution in [3.63, 3.8) is 0 Å². The van der Waals surface area contributed by atoms with Gasteiger partial charge in [-0.1, -0.05) is 19.9 Å². The van der Waals surface area contributed by atoms with E-state index >= 15 is 0 Å². The summed E-state index contributed by atoms with van der Waals surface area (Å²) < 4.78 is 9.96. The molecule has 4 heteroatoms. The number of rotatable bonds is 10. The van der Waals surface area contributed by atoms with Gasteiger partial charge in [-0.05, 0) is 32.6 Å². The lowest BCUT2D eigenvalue weighted by Crippen LogP contribution is -2.07. The Balaban J connectivity index is 3.32. The van der Waals surface area contributed by atoms with Crippen LogP contribution in [0.4, 0.5) is 0 Å². The summed E-state index contributed by atoms with van der Waals surface area (Å²) in [6, 6.07) is 0. The predicted octanol–water partition coefficient (Wildman–Crippen LogP) is 3.01. The first-order chi connectivity index (χ1) is 8.57. The molecule has 0 spiro atoms. The third-order valence-corrected chi connectivity index (χ3v) is 2.37. The van der Waals surface area contributed by atoms with Gasteiger partial charge in [-0.2, -0.15) is 0 Å². The van der Waals surface area contributed by atoms with Crippen molar-refractivity contribution in [1.29, 1.82) is 0 Å². The lowest BCUT2D eigenvalue weighted by atomic mass is 10.2. The maximum atomic E-state index is 11.2. The Labute approximate surface area is 109 Å². The molecular formula is C14H24O4. The third-order valence-electron chi connectivity index (χ3n) is 2.37. The first-order valence-electron chi connectivity index (χ1n) is 6.56. The highest BCUT2D eigenvalue weighted by molar-refractivity contribution is 5.86. The minimum Gasteiger partial charge on any atom is -0.466 e. The van der Waals surface area contributed by atoms with Crippen LogP contribution in [-0.2, 0) is 19.1 Å². The number of hydrogen-bond acceptors (Lipinski definition) is 4. The molecule has 0 rings (SSSR count). The first kappa shape index (κ1) is 16.7. The van der Waals surface area contributed by atoms with Crippen molar-refractivity contribution in [2.24, 2.45) is 0 Å². The zero-order valence-electron chi connectivity index (χ0n) is 11.5. The molecule has 0 aromatic carbocycles. The van der Waals surface area contributed by atoms with E-state index in [0.717, 1.165) is 32.1 Å². The molecule has 0 aliphatic rings. The molecule has 0 fully saturated rings. The van der Waals surface area contributed by atoms with Crippen LogP contribution in [0.5, 0.6) is 0 Å². The standard InChI is InChI=1S/C14H24O4/c1-4-5-10-17-13(15)9-7-6-8-11-18-14(16)12(2)3/h2,4-11H2,1,3H3. The lowest BCUT2D eigenvalue weighted by Gasteiger charge is -2.05. The minimum absolute atomic E-state index is 0.137. The SMILES string of the molecule is C=C(C)C(=O)OCCCCCC(=O)OCCCC. The molecule has 4 nitrogen and oxygen atoms in total. The molecule has 0 aliphatic carbocycles. The fourth-order valence-electron chi connectivity index (χ4n) is 1.24. The molecule has 0 bridgehead atoms. The summed E-state index contributed by atoms with van der Waals surface area (Å²) in [5.41, 5.74) is 0.412. The van der Waals surface area contributed by atoms with E-state index in [1.807, 2.05) is 0 Å². The summed E-state index contributed by atoms with van der Waals surface area (Å²) in [7, 11) is 0. The van der Waals surface area contributed by atoms with Crippen LogP contribution in [0.2, 0.25) is 0 Å². The second-order valence-corrected chi connectivity index (χ2v) is 4.30. The number of carbonyl (C=O) groups is 2. The molecule has 104 valence electrons. The Morgan fingerprint density at radius 3 is 2.28 bits per heavy atom. The van der Waals surface area contributed by atoms with Gasteiger partial charge in [-0.15, -0.1) is 0 Å². The molecule has 0 saturated carbocycles. The highest BCUT2D eigenvalue weighted by atomic mass is 16.5. The van der Waals surface area contributed by atoms with E-state index in [1.54, 1.807) is 6.92 Å². The molecule has 0 saturated heterocycles. The third kappa shape index (κ3) is 9.87. The zero-order chi connectivity index (χ0) is 13.8. The maximum absolute atomic E-state index is 11.2. The number of esters is 2. The Kier molecular flexibility index (Phi) is 10.0. The van der Waals surface area contributed by atoms with E-state index in [-0.39, 0.29) is 11.9 Å². The molecule has 0 radical (unpaired) electrons. The van der Waals surface area contributed by atoms with Crippen LogP contribution in [0, 0.1) is 0 Å². The van der Waals surface area contributed by atoms with Gasteiger partial charge in [0.2, 0.25) is 0 Å². The highest BCUT2D eigenvalue weighted by Gasteiger charge is 2.04. The molecular weight excluding hydrogens is 232 g/mol. The predicted molar refractivity (Wildman–Crippen MR) is 70.1 cm³/mol. The Hall–Kier alpha value is -1.32. The smallest absolute Gasteiger partial charge is 0.333 e. The molecule has 0 atom stereocenters. The van der Waals surface area contributed by atoms with Gasteiger partial charge in [0.05, 0.1) is 13.2 Å². The first-order valence-corrected chi connectivity index (χ1v) is 6.56. The van der Waals surface area contributed by atoms with Gasteiger partial charge < -0.3 is 9.47 Å². The van der Waals surface area contributed by atoms with Gasteiger partial charge in [0.25, 0.3) is 0 Å². The van der Waals surface area contributed by atoms with E-state index in [2.05, 4.69) is 13.5 Å². The van der Waals surface area contributed by atoms with Crippen LogP contribution in [0.15, 0.2) is 12.2 Å². The molecule has 0 unspecified atom stereocenters. The Bertz CT molecular complexity index is 271. The topological polar surface area (TPSA) is 52.6 Å². The normalized spacial score (nSPS) is 9.89. The summed E-state index contributed by atoms with van der Waals surface area (Å²) in [6.07, 6.45) is 4.78. The summed E-state index contributed by atoms with van der Waals surface area (Å²) in [5.74, 6) is -0.489. The Morgan fingerprint density at radius 1 is 1.00 bits per heavy atom. The summed E-state index contributed by atoms with van der Waals surface area (Å²) in [6.45, 7) is 8.07. The maximum Gasteiger partial charge on any atom is 0.333 e. The van der Waals surface area contributed by atoms with Gasteiger partial charge in [0, 0.05) is 12.0 Å². The van der Waals surface area contributed by atoms with Gasteiger partial charge in [-0.25, -0.2) is 4.79 Å².